The molecule has 1 aromatic rings. The van der Waals surface area contributed by atoms with Gasteiger partial charge in [-0.3, -0.25) is 4.79 Å². The zero-order valence-electron chi connectivity index (χ0n) is 14.5. The quantitative estimate of drug-likeness (QED) is 0.340. The van der Waals surface area contributed by atoms with Gasteiger partial charge in [0, 0.05) is 6.42 Å². The predicted molar refractivity (Wildman–Crippen MR) is 109 cm³/mol. The van der Waals surface area contributed by atoms with Crippen LogP contribution in [-0.4, -0.2) is 30.0 Å². The monoisotopic (exact) mass is 386 g/mol. The van der Waals surface area contributed by atoms with Gasteiger partial charge in [-0.1, -0.05) is 43.4 Å². The van der Waals surface area contributed by atoms with Gasteiger partial charge in [-0.2, -0.15) is 0 Å². The third kappa shape index (κ3) is 7.45. The van der Waals surface area contributed by atoms with Crippen molar-refractivity contribution in [3.63, 3.8) is 0 Å². The maximum atomic E-state index is 12.5. The first-order valence-corrected chi connectivity index (χ1v) is 10.4. The third-order valence-corrected chi connectivity index (χ3v) is 6.48. The summed E-state index contributed by atoms with van der Waals surface area (Å²) in [5, 5.41) is 18.8. The van der Waals surface area contributed by atoms with Crippen molar-refractivity contribution >= 4 is 45.1 Å². The fourth-order valence-electron chi connectivity index (χ4n) is 2.07. The van der Waals surface area contributed by atoms with Crippen LogP contribution < -0.4 is 0 Å². The number of thioether (sulfide) groups is 2. The molecular formula is C18H26O3S3. The van der Waals surface area contributed by atoms with Gasteiger partial charge in [-0.25, -0.2) is 0 Å². The summed E-state index contributed by atoms with van der Waals surface area (Å²) in [6.45, 7) is 6.01. The van der Waals surface area contributed by atoms with E-state index in [1.807, 2.05) is 13.8 Å². The molecule has 0 saturated carbocycles. The molecule has 1 aromatic carbocycles. The van der Waals surface area contributed by atoms with Crippen LogP contribution in [0, 0.1) is 0 Å². The maximum Gasteiger partial charge on any atom is 0.157 e. The lowest BCUT2D eigenvalue weighted by Crippen LogP contribution is -2.28. The van der Waals surface area contributed by atoms with E-state index in [9.17, 15) is 15.0 Å². The van der Waals surface area contributed by atoms with E-state index in [0.29, 0.717) is 19.3 Å². The van der Waals surface area contributed by atoms with Crippen LogP contribution in [-0.2, 0) is 11.2 Å². The molecule has 134 valence electrons. The number of unbranched alkanes of at least 4 members (excludes halogenated alkanes) is 1. The van der Waals surface area contributed by atoms with Crippen LogP contribution in [0.15, 0.2) is 18.2 Å². The van der Waals surface area contributed by atoms with E-state index in [1.165, 1.54) is 17.8 Å². The number of phenols is 2. The van der Waals surface area contributed by atoms with Crippen molar-refractivity contribution < 1.29 is 15.0 Å². The van der Waals surface area contributed by atoms with Gasteiger partial charge in [-0.05, 0) is 56.6 Å². The number of carbonyl (C=O) groups excluding carboxylic acids is 1. The minimum absolute atomic E-state index is 0.121. The number of rotatable bonds is 9. The van der Waals surface area contributed by atoms with E-state index in [4.69, 9.17) is 12.2 Å². The van der Waals surface area contributed by atoms with Gasteiger partial charge >= 0.3 is 0 Å². The normalized spacial score (nSPS) is 11.5. The molecule has 0 radical (unpaired) electrons. The van der Waals surface area contributed by atoms with Crippen LogP contribution in [0.5, 0.6) is 11.5 Å². The molecule has 0 aromatic heterocycles. The number of carbonyl (C=O) groups is 1. The Morgan fingerprint density at radius 1 is 1.21 bits per heavy atom. The molecule has 3 nitrogen and oxygen atoms in total. The summed E-state index contributed by atoms with van der Waals surface area (Å²) in [5.74, 6) is 0.955. The summed E-state index contributed by atoms with van der Waals surface area (Å²) in [4.78, 5) is 12.5. The first-order valence-electron chi connectivity index (χ1n) is 8.16. The van der Waals surface area contributed by atoms with E-state index in [2.05, 4.69) is 6.92 Å². The number of Topliss-reactive ketones (excluding diaryl/α,β-unsaturated/α-hetero) is 1. The minimum atomic E-state index is -0.507. The van der Waals surface area contributed by atoms with Crippen molar-refractivity contribution in [3.8, 4) is 11.5 Å². The van der Waals surface area contributed by atoms with Gasteiger partial charge in [0.05, 0.1) is 4.75 Å². The van der Waals surface area contributed by atoms with Crippen LogP contribution in [0.1, 0.15) is 52.0 Å². The van der Waals surface area contributed by atoms with E-state index in [-0.39, 0.29) is 17.3 Å². The Kier molecular flexibility index (Phi) is 9.16. The Labute approximate surface area is 158 Å². The highest BCUT2D eigenvalue weighted by Crippen LogP contribution is 2.33. The molecule has 0 fully saturated rings. The molecule has 0 aliphatic heterocycles. The smallest absolute Gasteiger partial charge is 0.157 e. The Balaban J connectivity index is 2.41. The molecule has 0 unspecified atom stereocenters. The van der Waals surface area contributed by atoms with E-state index < -0.39 is 4.75 Å². The van der Waals surface area contributed by atoms with Crippen molar-refractivity contribution in [1.29, 1.82) is 0 Å². The average molecular weight is 387 g/mol. The molecule has 0 saturated heterocycles. The average Bonchev–Trinajstić information content (AvgIpc) is 2.50. The van der Waals surface area contributed by atoms with E-state index >= 15 is 0 Å². The summed E-state index contributed by atoms with van der Waals surface area (Å²) in [5.41, 5.74) is 0.911. The topological polar surface area (TPSA) is 57.5 Å². The lowest BCUT2D eigenvalue weighted by molar-refractivity contribution is -0.120. The summed E-state index contributed by atoms with van der Waals surface area (Å²) >= 11 is 8.52. The molecule has 1 rings (SSSR count). The van der Waals surface area contributed by atoms with Gasteiger partial charge < -0.3 is 10.2 Å². The number of ketones is 1. The predicted octanol–water partition coefficient (Wildman–Crippen LogP) is 5.32. The Morgan fingerprint density at radius 2 is 1.92 bits per heavy atom. The highest BCUT2D eigenvalue weighted by molar-refractivity contribution is 8.47. The van der Waals surface area contributed by atoms with Gasteiger partial charge in [0.2, 0.25) is 0 Å². The second-order valence-electron chi connectivity index (χ2n) is 6.16. The molecule has 0 heterocycles. The molecular weight excluding hydrogens is 360 g/mol. The fraction of sp³-hybridized carbons (Fsp3) is 0.556. The Morgan fingerprint density at radius 3 is 2.54 bits per heavy atom. The van der Waals surface area contributed by atoms with Crippen molar-refractivity contribution in [3.05, 3.63) is 23.8 Å². The second kappa shape index (κ2) is 10.3. The molecule has 24 heavy (non-hydrogen) atoms. The molecule has 2 N–H and O–H groups in total. The van der Waals surface area contributed by atoms with Crippen molar-refractivity contribution in [1.82, 2.24) is 0 Å². The van der Waals surface area contributed by atoms with Crippen LogP contribution in [0.4, 0.5) is 0 Å². The lowest BCUT2D eigenvalue weighted by atomic mass is 10.00. The number of hydrogen-bond acceptors (Lipinski definition) is 6. The number of aryl methyl sites for hydroxylation is 1. The van der Waals surface area contributed by atoms with Crippen molar-refractivity contribution in [2.75, 3.05) is 5.75 Å². The van der Waals surface area contributed by atoms with Gasteiger partial charge in [0.15, 0.2) is 11.5 Å². The lowest BCUT2D eigenvalue weighted by Gasteiger charge is -2.22. The van der Waals surface area contributed by atoms with Crippen LogP contribution in [0.3, 0.4) is 0 Å². The SMILES string of the molecule is CCCCSC(=S)SC(C)(C)C(=O)CCCc1ccc(O)c(O)c1. The highest BCUT2D eigenvalue weighted by Gasteiger charge is 2.29. The minimum Gasteiger partial charge on any atom is -0.504 e. The van der Waals surface area contributed by atoms with Crippen LogP contribution in [0.2, 0.25) is 0 Å². The number of hydrogen-bond donors (Lipinski definition) is 2. The molecule has 6 heteroatoms. The maximum absolute atomic E-state index is 12.5. The van der Waals surface area contributed by atoms with E-state index in [0.717, 1.165) is 27.7 Å². The number of benzene rings is 1. The molecule has 0 spiro atoms. The van der Waals surface area contributed by atoms with Crippen molar-refractivity contribution in [2.45, 2.75) is 57.6 Å². The number of thiocarbonyl (C=S) groups is 1. The number of phenolic OH excluding ortho intramolecular Hbond substituents is 2. The van der Waals surface area contributed by atoms with Gasteiger partial charge in [0.25, 0.3) is 0 Å². The number of aromatic hydroxyl groups is 2. The summed E-state index contributed by atoms with van der Waals surface area (Å²) < 4.78 is 0.332. The Hall–Kier alpha value is -0.720. The van der Waals surface area contributed by atoms with E-state index in [1.54, 1.807) is 23.9 Å². The summed E-state index contributed by atoms with van der Waals surface area (Å²) in [6.07, 6.45) is 4.16. The molecule has 0 bridgehead atoms. The zero-order valence-corrected chi connectivity index (χ0v) is 17.0. The molecule has 0 aliphatic rings. The second-order valence-corrected chi connectivity index (χ2v) is 10.1. The zero-order chi connectivity index (χ0) is 18.2. The third-order valence-electron chi connectivity index (χ3n) is 3.64. The van der Waals surface area contributed by atoms with Crippen LogP contribution >= 0.6 is 35.7 Å². The first kappa shape index (κ1) is 21.3. The summed E-state index contributed by atoms with van der Waals surface area (Å²) in [6, 6.07) is 4.77. The van der Waals surface area contributed by atoms with Crippen LogP contribution in [0.25, 0.3) is 0 Å². The van der Waals surface area contributed by atoms with Crippen molar-refractivity contribution in [2.24, 2.45) is 0 Å². The van der Waals surface area contributed by atoms with Gasteiger partial charge in [-0.15, -0.1) is 11.8 Å². The highest BCUT2D eigenvalue weighted by atomic mass is 32.2. The largest absolute Gasteiger partial charge is 0.504 e. The molecule has 0 amide bonds. The Bertz CT molecular complexity index is 571. The van der Waals surface area contributed by atoms with Gasteiger partial charge in [0.1, 0.15) is 9.31 Å². The first-order chi connectivity index (χ1) is 11.3. The fourth-order valence-corrected chi connectivity index (χ4v) is 5.29. The summed E-state index contributed by atoms with van der Waals surface area (Å²) in [7, 11) is 0. The molecule has 0 aliphatic carbocycles. The standard InChI is InChI=1S/C18H26O3S3/c1-4-5-11-23-17(22)24-18(2,3)16(21)8-6-7-13-9-10-14(19)15(20)12-13/h9-10,12,19-20H,4-8,11H2,1-3H3. The molecule has 0 atom stereocenters.